The largest absolute Gasteiger partial charge is 0.306 e. The molecule has 0 aliphatic rings. The van der Waals surface area contributed by atoms with Gasteiger partial charge >= 0.3 is 0 Å². The van der Waals surface area contributed by atoms with Gasteiger partial charge in [-0.05, 0) is 17.2 Å². The van der Waals surface area contributed by atoms with Crippen LogP contribution in [-0.2, 0) is 11.5 Å². The van der Waals surface area contributed by atoms with Crippen molar-refractivity contribution >= 4 is 11.8 Å². The molecule has 2 nitrogen and oxygen atoms in total. The van der Waals surface area contributed by atoms with E-state index < -0.39 is 0 Å². The summed E-state index contributed by atoms with van der Waals surface area (Å²) in [6, 6.07) is 19.1. The highest BCUT2D eigenvalue weighted by atomic mass is 32.2. The first-order valence-corrected chi connectivity index (χ1v) is 7.77. The van der Waals surface area contributed by atoms with E-state index >= 15 is 0 Å². The first kappa shape index (κ1) is 13.0. The Hall–Kier alpha value is -2.00. The highest BCUT2D eigenvalue weighted by Gasteiger charge is 2.03. The molecule has 3 aromatic rings. The fourth-order valence-electron chi connectivity index (χ4n) is 2.14. The van der Waals surface area contributed by atoms with Gasteiger partial charge in [0, 0.05) is 23.9 Å². The standard InChI is InChI=1S/C17H16N2S/c1-2-6-15(7-3-1)12-20-13-16-8-4-5-9-17(16)19-11-10-18-14-19/h1-11,14H,12-13H2. The lowest BCUT2D eigenvalue weighted by Gasteiger charge is -2.09. The molecule has 0 saturated carbocycles. The maximum absolute atomic E-state index is 4.12. The minimum Gasteiger partial charge on any atom is -0.306 e. The third-order valence-corrected chi connectivity index (χ3v) is 4.20. The van der Waals surface area contributed by atoms with E-state index in [4.69, 9.17) is 0 Å². The second-order valence-electron chi connectivity index (χ2n) is 4.58. The molecule has 0 atom stereocenters. The number of hydrogen-bond donors (Lipinski definition) is 0. The van der Waals surface area contributed by atoms with E-state index in [2.05, 4.69) is 64.1 Å². The molecule has 0 N–H and O–H groups in total. The molecule has 3 rings (SSSR count). The zero-order chi connectivity index (χ0) is 13.6. The van der Waals surface area contributed by atoms with Gasteiger partial charge in [-0.25, -0.2) is 4.98 Å². The molecule has 0 unspecified atom stereocenters. The number of para-hydroxylation sites is 1. The summed E-state index contributed by atoms with van der Waals surface area (Å²) in [5.41, 5.74) is 3.93. The summed E-state index contributed by atoms with van der Waals surface area (Å²) in [6.07, 6.45) is 5.65. The predicted octanol–water partition coefficient (Wildman–Crippen LogP) is 4.31. The number of nitrogens with zero attached hydrogens (tertiary/aromatic N) is 2. The normalized spacial score (nSPS) is 10.6. The van der Waals surface area contributed by atoms with Crippen molar-refractivity contribution in [2.24, 2.45) is 0 Å². The van der Waals surface area contributed by atoms with Crippen LogP contribution in [0.3, 0.4) is 0 Å². The van der Waals surface area contributed by atoms with Gasteiger partial charge in [-0.2, -0.15) is 11.8 Å². The van der Waals surface area contributed by atoms with Gasteiger partial charge in [0.15, 0.2) is 0 Å². The van der Waals surface area contributed by atoms with Crippen LogP contribution in [0.1, 0.15) is 11.1 Å². The van der Waals surface area contributed by atoms with Crippen molar-refractivity contribution in [2.75, 3.05) is 0 Å². The zero-order valence-corrected chi connectivity index (χ0v) is 12.0. The van der Waals surface area contributed by atoms with Crippen molar-refractivity contribution in [1.82, 2.24) is 9.55 Å². The second-order valence-corrected chi connectivity index (χ2v) is 5.56. The van der Waals surface area contributed by atoms with E-state index in [0.29, 0.717) is 0 Å². The number of imidazole rings is 1. The Morgan fingerprint density at radius 3 is 2.50 bits per heavy atom. The third-order valence-electron chi connectivity index (χ3n) is 3.14. The first-order valence-electron chi connectivity index (χ1n) is 6.61. The minimum atomic E-state index is 1.00. The summed E-state index contributed by atoms with van der Waals surface area (Å²) in [4.78, 5) is 4.12. The molecule has 0 bridgehead atoms. The Morgan fingerprint density at radius 2 is 1.70 bits per heavy atom. The van der Waals surface area contributed by atoms with E-state index in [-0.39, 0.29) is 0 Å². The third kappa shape index (κ3) is 3.11. The van der Waals surface area contributed by atoms with E-state index in [9.17, 15) is 0 Å². The van der Waals surface area contributed by atoms with Crippen molar-refractivity contribution in [3.8, 4) is 5.69 Å². The van der Waals surface area contributed by atoms with Crippen molar-refractivity contribution in [3.63, 3.8) is 0 Å². The molecule has 1 heterocycles. The van der Waals surface area contributed by atoms with Crippen LogP contribution < -0.4 is 0 Å². The van der Waals surface area contributed by atoms with Gasteiger partial charge in [-0.1, -0.05) is 48.5 Å². The average Bonchev–Trinajstić information content (AvgIpc) is 3.03. The monoisotopic (exact) mass is 280 g/mol. The van der Waals surface area contributed by atoms with Crippen LogP contribution in [0, 0.1) is 0 Å². The molecule has 0 aliphatic heterocycles. The van der Waals surface area contributed by atoms with E-state index in [1.165, 1.54) is 16.8 Å². The Bertz CT molecular complexity index is 648. The Labute approximate surface area is 123 Å². The Balaban J connectivity index is 1.69. The van der Waals surface area contributed by atoms with Crippen LogP contribution in [0.25, 0.3) is 5.69 Å². The smallest absolute Gasteiger partial charge is 0.0991 e. The van der Waals surface area contributed by atoms with Crippen molar-refractivity contribution in [2.45, 2.75) is 11.5 Å². The topological polar surface area (TPSA) is 17.8 Å². The fraction of sp³-hybridized carbons (Fsp3) is 0.118. The van der Waals surface area contributed by atoms with Crippen molar-refractivity contribution in [1.29, 1.82) is 0 Å². The highest BCUT2D eigenvalue weighted by Crippen LogP contribution is 2.22. The van der Waals surface area contributed by atoms with Crippen LogP contribution in [0.15, 0.2) is 73.3 Å². The molecule has 1 aromatic heterocycles. The van der Waals surface area contributed by atoms with E-state index in [1.54, 1.807) is 0 Å². The first-order chi connectivity index (χ1) is 9.93. The summed E-state index contributed by atoms with van der Waals surface area (Å²) in [7, 11) is 0. The lowest BCUT2D eigenvalue weighted by Crippen LogP contribution is -1.96. The molecule has 0 saturated heterocycles. The van der Waals surface area contributed by atoms with E-state index in [0.717, 1.165) is 11.5 Å². The quantitative estimate of drug-likeness (QED) is 0.693. The SMILES string of the molecule is c1ccc(CSCc2ccccc2-n2ccnc2)cc1. The maximum Gasteiger partial charge on any atom is 0.0991 e. The maximum atomic E-state index is 4.12. The number of aromatic nitrogens is 2. The van der Waals surface area contributed by atoms with E-state index in [1.807, 2.05) is 30.5 Å². The molecule has 3 heteroatoms. The number of rotatable bonds is 5. The van der Waals surface area contributed by atoms with Crippen molar-refractivity contribution < 1.29 is 0 Å². The molecule has 0 spiro atoms. The van der Waals surface area contributed by atoms with Gasteiger partial charge in [0.05, 0.1) is 12.0 Å². The predicted molar refractivity (Wildman–Crippen MR) is 85.0 cm³/mol. The number of thioether (sulfide) groups is 1. The molecule has 0 aliphatic carbocycles. The summed E-state index contributed by atoms with van der Waals surface area (Å²) >= 11 is 1.94. The van der Waals surface area contributed by atoms with Gasteiger partial charge in [0.25, 0.3) is 0 Å². The second kappa shape index (κ2) is 6.44. The molecule has 2 aromatic carbocycles. The molecule has 0 amide bonds. The van der Waals surface area contributed by atoms with Gasteiger partial charge in [-0.15, -0.1) is 0 Å². The van der Waals surface area contributed by atoms with Crippen LogP contribution in [0.4, 0.5) is 0 Å². The molecular weight excluding hydrogens is 264 g/mol. The van der Waals surface area contributed by atoms with Crippen LogP contribution in [0.2, 0.25) is 0 Å². The Morgan fingerprint density at radius 1 is 0.900 bits per heavy atom. The molecular formula is C17H16N2S. The lowest BCUT2D eigenvalue weighted by atomic mass is 10.2. The molecule has 0 fully saturated rings. The summed E-state index contributed by atoms with van der Waals surface area (Å²) in [5, 5.41) is 0. The van der Waals surface area contributed by atoms with Gasteiger partial charge in [-0.3, -0.25) is 0 Å². The summed E-state index contributed by atoms with van der Waals surface area (Å²) in [6.45, 7) is 0. The van der Waals surface area contributed by atoms with Crippen molar-refractivity contribution in [3.05, 3.63) is 84.4 Å². The molecule has 100 valence electrons. The highest BCUT2D eigenvalue weighted by molar-refractivity contribution is 7.97. The van der Waals surface area contributed by atoms with Gasteiger partial charge in [0.1, 0.15) is 0 Å². The van der Waals surface area contributed by atoms with Gasteiger partial charge < -0.3 is 4.57 Å². The molecule has 0 radical (unpaired) electrons. The van der Waals surface area contributed by atoms with Crippen LogP contribution in [0.5, 0.6) is 0 Å². The Kier molecular flexibility index (Phi) is 4.19. The lowest BCUT2D eigenvalue weighted by molar-refractivity contribution is 1.04. The van der Waals surface area contributed by atoms with Gasteiger partial charge in [0.2, 0.25) is 0 Å². The minimum absolute atomic E-state index is 1.00. The van der Waals surface area contributed by atoms with Crippen LogP contribution in [-0.4, -0.2) is 9.55 Å². The number of hydrogen-bond acceptors (Lipinski definition) is 2. The number of benzene rings is 2. The zero-order valence-electron chi connectivity index (χ0n) is 11.1. The fourth-order valence-corrected chi connectivity index (χ4v) is 3.13. The van der Waals surface area contributed by atoms with Crippen LogP contribution >= 0.6 is 11.8 Å². The average molecular weight is 280 g/mol. The summed E-state index contributed by atoms with van der Waals surface area (Å²) < 4.78 is 2.07. The summed E-state index contributed by atoms with van der Waals surface area (Å²) in [5.74, 6) is 2.04. The molecule has 20 heavy (non-hydrogen) atoms.